The molecule has 0 aliphatic carbocycles. The van der Waals surface area contributed by atoms with Crippen LogP contribution in [-0.2, 0) is 20.0 Å². The molecule has 0 bridgehead atoms. The number of rotatable bonds is 6. The summed E-state index contributed by atoms with van der Waals surface area (Å²) >= 11 is -0.0936. The van der Waals surface area contributed by atoms with Crippen molar-refractivity contribution < 1.29 is 13.2 Å². The summed E-state index contributed by atoms with van der Waals surface area (Å²) in [5.74, 6) is 0. The number of nitrogens with zero attached hydrogens (tertiary/aromatic N) is 2. The molecule has 0 aliphatic rings. The molecule has 3 nitrogen and oxygen atoms in total. The highest BCUT2D eigenvalue weighted by atomic mass is 32.2. The van der Waals surface area contributed by atoms with Crippen LogP contribution in [0.25, 0.3) is 0 Å². The van der Waals surface area contributed by atoms with Crippen molar-refractivity contribution in [1.29, 1.82) is 0 Å². The third kappa shape index (κ3) is 5.81. The summed E-state index contributed by atoms with van der Waals surface area (Å²) in [7, 11) is 1.87. The van der Waals surface area contributed by atoms with Gasteiger partial charge in [-0.15, -0.1) is 0 Å². The molecule has 114 valence electrons. The van der Waals surface area contributed by atoms with Gasteiger partial charge in [0, 0.05) is 37.7 Å². The average Bonchev–Trinajstić information content (AvgIpc) is 2.81. The Kier molecular flexibility index (Phi) is 5.30. The van der Waals surface area contributed by atoms with E-state index >= 15 is 0 Å². The van der Waals surface area contributed by atoms with Crippen molar-refractivity contribution in [3.05, 3.63) is 47.8 Å². The summed E-state index contributed by atoms with van der Waals surface area (Å²) in [5.41, 5.74) is -2.26. The monoisotopic (exact) mass is 315 g/mol. The highest BCUT2D eigenvalue weighted by Crippen LogP contribution is 2.36. The second-order valence-corrected chi connectivity index (χ2v) is 5.74. The van der Waals surface area contributed by atoms with E-state index in [9.17, 15) is 13.2 Å². The van der Waals surface area contributed by atoms with E-state index in [4.69, 9.17) is 0 Å². The van der Waals surface area contributed by atoms with Gasteiger partial charge in [-0.3, -0.25) is 4.68 Å². The zero-order valence-electron chi connectivity index (χ0n) is 11.5. The third-order valence-electron chi connectivity index (χ3n) is 2.81. The number of aryl methyl sites for hydroxylation is 1. The molecular formula is C14H16F3N3S. The minimum Gasteiger partial charge on any atom is -0.312 e. The minimum absolute atomic E-state index is 0.0936. The summed E-state index contributed by atoms with van der Waals surface area (Å²) < 4.78 is 38.3. The van der Waals surface area contributed by atoms with Gasteiger partial charge in [-0.2, -0.15) is 18.3 Å². The van der Waals surface area contributed by atoms with Crippen LogP contribution in [0, 0.1) is 0 Å². The van der Waals surface area contributed by atoms with Gasteiger partial charge in [0.1, 0.15) is 0 Å². The number of benzene rings is 1. The summed E-state index contributed by atoms with van der Waals surface area (Å²) in [4.78, 5) is 0.208. The lowest BCUT2D eigenvalue weighted by molar-refractivity contribution is -0.0328. The molecule has 0 radical (unpaired) electrons. The van der Waals surface area contributed by atoms with Crippen LogP contribution >= 0.6 is 11.8 Å². The lowest BCUT2D eigenvalue weighted by atomic mass is 10.2. The quantitative estimate of drug-likeness (QED) is 0.655. The van der Waals surface area contributed by atoms with Crippen LogP contribution in [0.5, 0.6) is 0 Å². The van der Waals surface area contributed by atoms with E-state index in [2.05, 4.69) is 10.4 Å². The second-order valence-electron chi connectivity index (χ2n) is 4.60. The molecule has 2 rings (SSSR count). The Hall–Kier alpha value is -1.47. The van der Waals surface area contributed by atoms with Crippen LogP contribution < -0.4 is 5.32 Å². The lowest BCUT2D eigenvalue weighted by Crippen LogP contribution is -2.16. The zero-order chi connectivity index (χ0) is 15.3. The third-order valence-corrected chi connectivity index (χ3v) is 3.55. The van der Waals surface area contributed by atoms with Gasteiger partial charge in [0.25, 0.3) is 0 Å². The van der Waals surface area contributed by atoms with E-state index in [0.717, 1.165) is 24.2 Å². The number of hydrogen-bond donors (Lipinski definition) is 1. The molecule has 1 aromatic heterocycles. The first-order valence-electron chi connectivity index (χ1n) is 6.46. The van der Waals surface area contributed by atoms with Crippen LogP contribution in [0.15, 0.2) is 41.4 Å². The van der Waals surface area contributed by atoms with Crippen LogP contribution in [-0.4, -0.2) is 21.8 Å². The van der Waals surface area contributed by atoms with E-state index in [1.54, 1.807) is 16.8 Å². The Bertz CT molecular complexity index is 564. The standard InChI is InChI=1S/C14H16F3N3S/c1-20-9-7-12(19-20)6-8-18-10-11-2-4-13(5-3-11)21-14(15,16)17/h2-5,7,9,18H,6,8,10H2,1H3. The molecule has 21 heavy (non-hydrogen) atoms. The smallest absolute Gasteiger partial charge is 0.312 e. The molecule has 0 amide bonds. The number of nitrogens with one attached hydrogen (secondary N) is 1. The Morgan fingerprint density at radius 1 is 1.19 bits per heavy atom. The molecule has 0 atom stereocenters. The maximum absolute atomic E-state index is 12.2. The zero-order valence-corrected chi connectivity index (χ0v) is 12.3. The number of aromatic nitrogens is 2. The van der Waals surface area contributed by atoms with E-state index in [1.807, 2.05) is 19.3 Å². The molecular weight excluding hydrogens is 299 g/mol. The second kappa shape index (κ2) is 7.00. The van der Waals surface area contributed by atoms with Gasteiger partial charge in [0.2, 0.25) is 0 Å². The summed E-state index contributed by atoms with van der Waals surface area (Å²) in [6.07, 6.45) is 2.72. The highest BCUT2D eigenvalue weighted by Gasteiger charge is 2.28. The Morgan fingerprint density at radius 2 is 1.90 bits per heavy atom. The van der Waals surface area contributed by atoms with Crippen molar-refractivity contribution in [3.63, 3.8) is 0 Å². The van der Waals surface area contributed by atoms with Crippen molar-refractivity contribution in [1.82, 2.24) is 15.1 Å². The molecule has 1 heterocycles. The van der Waals surface area contributed by atoms with E-state index in [-0.39, 0.29) is 16.7 Å². The molecule has 1 N–H and O–H groups in total. The first-order chi connectivity index (χ1) is 9.92. The van der Waals surface area contributed by atoms with Crippen molar-refractivity contribution >= 4 is 11.8 Å². The van der Waals surface area contributed by atoms with Crippen molar-refractivity contribution in [2.45, 2.75) is 23.4 Å². The van der Waals surface area contributed by atoms with E-state index < -0.39 is 5.51 Å². The fraction of sp³-hybridized carbons (Fsp3) is 0.357. The van der Waals surface area contributed by atoms with Gasteiger partial charge in [0.05, 0.1) is 5.69 Å². The Labute approximate surface area is 125 Å². The van der Waals surface area contributed by atoms with Crippen LogP contribution in [0.2, 0.25) is 0 Å². The van der Waals surface area contributed by atoms with E-state index in [1.165, 1.54) is 12.1 Å². The van der Waals surface area contributed by atoms with Crippen molar-refractivity contribution in [2.75, 3.05) is 6.54 Å². The molecule has 0 spiro atoms. The molecule has 7 heteroatoms. The van der Waals surface area contributed by atoms with Crippen LogP contribution in [0.4, 0.5) is 13.2 Å². The molecule has 0 fully saturated rings. The summed E-state index contributed by atoms with van der Waals surface area (Å²) in [6.45, 7) is 1.40. The van der Waals surface area contributed by atoms with Crippen LogP contribution in [0.1, 0.15) is 11.3 Å². The molecule has 1 aromatic carbocycles. The summed E-state index contributed by atoms with van der Waals surface area (Å²) in [5, 5.41) is 7.52. The molecule has 2 aromatic rings. The van der Waals surface area contributed by atoms with Gasteiger partial charge < -0.3 is 5.32 Å². The number of thioether (sulfide) groups is 1. The van der Waals surface area contributed by atoms with E-state index in [0.29, 0.717) is 6.54 Å². The number of halogens is 3. The fourth-order valence-corrected chi connectivity index (χ4v) is 2.39. The van der Waals surface area contributed by atoms with Crippen molar-refractivity contribution in [3.8, 4) is 0 Å². The topological polar surface area (TPSA) is 29.9 Å². The number of alkyl halides is 3. The first-order valence-corrected chi connectivity index (χ1v) is 7.28. The maximum atomic E-state index is 12.2. The van der Waals surface area contributed by atoms with Gasteiger partial charge >= 0.3 is 5.51 Å². The van der Waals surface area contributed by atoms with Crippen LogP contribution in [0.3, 0.4) is 0 Å². The fourth-order valence-electron chi connectivity index (χ4n) is 1.85. The molecule has 0 aliphatic heterocycles. The minimum atomic E-state index is -4.23. The molecule has 0 saturated carbocycles. The molecule has 0 saturated heterocycles. The largest absolute Gasteiger partial charge is 0.446 e. The molecule has 0 unspecified atom stereocenters. The predicted octanol–water partition coefficient (Wildman–Crippen LogP) is 3.36. The number of hydrogen-bond acceptors (Lipinski definition) is 3. The predicted molar refractivity (Wildman–Crippen MR) is 77.0 cm³/mol. The lowest BCUT2D eigenvalue weighted by Gasteiger charge is -2.07. The SMILES string of the molecule is Cn1ccc(CCNCc2ccc(SC(F)(F)F)cc2)n1. The summed E-state index contributed by atoms with van der Waals surface area (Å²) in [6, 6.07) is 8.37. The maximum Gasteiger partial charge on any atom is 0.446 e. The van der Waals surface area contributed by atoms with Gasteiger partial charge in [-0.05, 0) is 35.5 Å². The highest BCUT2D eigenvalue weighted by molar-refractivity contribution is 8.00. The average molecular weight is 315 g/mol. The van der Waals surface area contributed by atoms with Crippen molar-refractivity contribution in [2.24, 2.45) is 7.05 Å². The normalized spacial score (nSPS) is 11.8. The van der Waals surface area contributed by atoms with Gasteiger partial charge in [-0.1, -0.05) is 12.1 Å². The Balaban J connectivity index is 1.73. The van der Waals surface area contributed by atoms with Gasteiger partial charge in [0.15, 0.2) is 0 Å². The Morgan fingerprint density at radius 3 is 2.48 bits per heavy atom. The first kappa shape index (κ1) is 15.9. The van der Waals surface area contributed by atoms with Gasteiger partial charge in [-0.25, -0.2) is 0 Å².